The first-order valence-electron chi connectivity index (χ1n) is 3.31. The summed E-state index contributed by atoms with van der Waals surface area (Å²) in [5.74, 6) is -1.15. The zero-order valence-electron chi connectivity index (χ0n) is 6.44. The lowest BCUT2D eigenvalue weighted by atomic mass is 10.1. The molecule has 0 amide bonds. The summed E-state index contributed by atoms with van der Waals surface area (Å²) in [5.41, 5.74) is 0.536. The molecule has 4 nitrogen and oxygen atoms in total. The van der Waals surface area contributed by atoms with Gasteiger partial charge in [-0.2, -0.15) is 5.26 Å². The van der Waals surface area contributed by atoms with E-state index >= 15 is 0 Å². The molecule has 0 spiro atoms. The van der Waals surface area contributed by atoms with Crippen LogP contribution in [0.25, 0.3) is 0 Å². The van der Waals surface area contributed by atoms with Crippen LogP contribution < -0.4 is 0 Å². The average molecular weight is 168 g/mol. The molecule has 0 heterocycles. The minimum absolute atomic E-state index is 0.0139. The smallest absolute Gasteiger partial charge is 0.376 e. The van der Waals surface area contributed by atoms with E-state index < -0.39 is 5.97 Å². The second-order valence-electron chi connectivity index (χ2n) is 2.35. The van der Waals surface area contributed by atoms with Gasteiger partial charge in [0.05, 0.1) is 0 Å². The molecule has 1 aromatic carbocycles. The van der Waals surface area contributed by atoms with Crippen LogP contribution in [0.3, 0.4) is 0 Å². The summed E-state index contributed by atoms with van der Waals surface area (Å²) < 4.78 is 0. The van der Waals surface area contributed by atoms with Gasteiger partial charge < -0.3 is 5.11 Å². The minimum atomic E-state index is -0.953. The monoisotopic (exact) mass is 168 g/mol. The molecule has 0 aromatic heterocycles. The molecule has 1 rings (SSSR count). The molecular weight excluding hydrogens is 160 g/mol. The Hall–Kier alpha value is -1.55. The van der Waals surface area contributed by atoms with Crippen molar-refractivity contribution in [1.82, 2.24) is 0 Å². The number of carbonyl (C=O) groups excluding carboxylic acids is 1. The van der Waals surface area contributed by atoms with Crippen molar-refractivity contribution in [1.29, 1.82) is 0 Å². The minimum Gasteiger partial charge on any atom is -0.507 e. The predicted octanol–water partition coefficient (Wildman–Crippen LogP) is 1.33. The lowest BCUT2D eigenvalue weighted by molar-refractivity contribution is -0.183. The van der Waals surface area contributed by atoms with Crippen LogP contribution in [0.5, 0.6) is 5.75 Å². The molecule has 0 bridgehead atoms. The Morgan fingerprint density at radius 3 is 2.67 bits per heavy atom. The van der Waals surface area contributed by atoms with E-state index in [0.717, 1.165) is 0 Å². The van der Waals surface area contributed by atoms with Crippen LogP contribution in [0, 0.1) is 6.92 Å². The Morgan fingerprint density at radius 2 is 2.17 bits per heavy atom. The van der Waals surface area contributed by atoms with Gasteiger partial charge >= 0.3 is 5.97 Å². The molecular formula is C8H8O4. The van der Waals surface area contributed by atoms with Crippen LogP contribution in [0.2, 0.25) is 0 Å². The highest BCUT2D eigenvalue weighted by Crippen LogP contribution is 2.20. The quantitative estimate of drug-likeness (QED) is 0.490. The van der Waals surface area contributed by atoms with Crippen molar-refractivity contribution in [2.24, 2.45) is 0 Å². The fourth-order valence-corrected chi connectivity index (χ4v) is 0.963. The molecule has 0 aliphatic carbocycles. The Kier molecular flexibility index (Phi) is 2.30. The third-order valence-electron chi connectivity index (χ3n) is 1.54. The second kappa shape index (κ2) is 3.23. The van der Waals surface area contributed by atoms with Crippen molar-refractivity contribution in [2.45, 2.75) is 6.92 Å². The Bertz CT molecular complexity index is 286. The van der Waals surface area contributed by atoms with Crippen LogP contribution in [0.15, 0.2) is 18.2 Å². The highest BCUT2D eigenvalue weighted by Gasteiger charge is 2.14. The number of rotatable bonds is 1. The number of benzene rings is 1. The van der Waals surface area contributed by atoms with Gasteiger partial charge in [0, 0.05) is 0 Å². The summed E-state index contributed by atoms with van der Waals surface area (Å²) in [6, 6.07) is 4.57. The zero-order valence-corrected chi connectivity index (χ0v) is 6.44. The van der Waals surface area contributed by atoms with Gasteiger partial charge in [0.25, 0.3) is 0 Å². The van der Waals surface area contributed by atoms with Gasteiger partial charge in [-0.05, 0) is 18.6 Å². The summed E-state index contributed by atoms with van der Waals surface area (Å²) in [6.45, 7) is 1.63. The molecule has 2 N–H and O–H groups in total. The summed E-state index contributed by atoms with van der Waals surface area (Å²) >= 11 is 0. The highest BCUT2D eigenvalue weighted by molar-refractivity contribution is 5.93. The van der Waals surface area contributed by atoms with Crippen molar-refractivity contribution in [3.63, 3.8) is 0 Å². The summed E-state index contributed by atoms with van der Waals surface area (Å²) in [7, 11) is 0. The molecule has 1 aromatic rings. The topological polar surface area (TPSA) is 66.8 Å². The maximum atomic E-state index is 10.8. The molecule has 64 valence electrons. The van der Waals surface area contributed by atoms with E-state index in [1.807, 2.05) is 0 Å². The van der Waals surface area contributed by atoms with Crippen molar-refractivity contribution < 1.29 is 20.0 Å². The largest absolute Gasteiger partial charge is 0.507 e. The Labute approximate surface area is 69.0 Å². The van der Waals surface area contributed by atoms with Crippen LogP contribution >= 0.6 is 0 Å². The fraction of sp³-hybridized carbons (Fsp3) is 0.125. The number of phenolic OH excluding ortho intramolecular Hbond substituents is 1. The van der Waals surface area contributed by atoms with E-state index in [4.69, 9.17) is 5.26 Å². The maximum absolute atomic E-state index is 10.8. The lowest BCUT2D eigenvalue weighted by Gasteiger charge is -2.03. The van der Waals surface area contributed by atoms with E-state index in [0.29, 0.717) is 5.56 Å². The molecule has 4 heteroatoms. The number of phenols is 1. The number of aromatic hydroxyl groups is 1. The van der Waals surface area contributed by atoms with Gasteiger partial charge in [-0.3, -0.25) is 4.89 Å². The van der Waals surface area contributed by atoms with E-state index in [1.54, 1.807) is 19.1 Å². The maximum Gasteiger partial charge on any atom is 0.376 e. The molecule has 0 radical (unpaired) electrons. The molecule has 0 saturated heterocycles. The SMILES string of the molecule is Cc1cccc(O)c1C(=O)OO. The number of aryl methyl sites for hydroxylation is 1. The van der Waals surface area contributed by atoms with Crippen LogP contribution in [0.1, 0.15) is 15.9 Å². The lowest BCUT2D eigenvalue weighted by Crippen LogP contribution is -2.04. The van der Waals surface area contributed by atoms with Gasteiger partial charge in [0.15, 0.2) is 0 Å². The first-order chi connectivity index (χ1) is 5.66. The van der Waals surface area contributed by atoms with Gasteiger partial charge in [0.2, 0.25) is 0 Å². The van der Waals surface area contributed by atoms with E-state index in [2.05, 4.69) is 4.89 Å². The summed E-state index contributed by atoms with van der Waals surface area (Å²) in [5, 5.41) is 17.3. The normalized spacial score (nSPS) is 9.50. The van der Waals surface area contributed by atoms with E-state index in [-0.39, 0.29) is 11.3 Å². The molecule has 0 fully saturated rings. The van der Waals surface area contributed by atoms with Gasteiger partial charge in [-0.25, -0.2) is 4.79 Å². The zero-order chi connectivity index (χ0) is 9.14. The van der Waals surface area contributed by atoms with Gasteiger partial charge in [-0.1, -0.05) is 12.1 Å². The first-order valence-corrected chi connectivity index (χ1v) is 3.31. The van der Waals surface area contributed by atoms with E-state index in [1.165, 1.54) is 6.07 Å². The Balaban J connectivity index is 3.21. The molecule has 12 heavy (non-hydrogen) atoms. The summed E-state index contributed by atoms with van der Waals surface area (Å²) in [4.78, 5) is 14.3. The summed E-state index contributed by atoms with van der Waals surface area (Å²) in [6.07, 6.45) is 0. The van der Waals surface area contributed by atoms with Crippen molar-refractivity contribution in [2.75, 3.05) is 0 Å². The number of carbonyl (C=O) groups is 1. The molecule has 0 atom stereocenters. The number of hydrogen-bond donors (Lipinski definition) is 2. The second-order valence-corrected chi connectivity index (χ2v) is 2.35. The van der Waals surface area contributed by atoms with Crippen molar-refractivity contribution in [3.8, 4) is 5.75 Å². The van der Waals surface area contributed by atoms with Gasteiger partial charge in [-0.15, -0.1) is 0 Å². The molecule has 0 unspecified atom stereocenters. The third-order valence-corrected chi connectivity index (χ3v) is 1.54. The van der Waals surface area contributed by atoms with Crippen molar-refractivity contribution in [3.05, 3.63) is 29.3 Å². The molecule has 0 saturated carbocycles. The number of hydrogen-bond acceptors (Lipinski definition) is 4. The van der Waals surface area contributed by atoms with E-state index in [9.17, 15) is 9.90 Å². The van der Waals surface area contributed by atoms with Crippen molar-refractivity contribution >= 4 is 5.97 Å². The fourth-order valence-electron chi connectivity index (χ4n) is 0.963. The van der Waals surface area contributed by atoms with Crippen LogP contribution in [0.4, 0.5) is 0 Å². The predicted molar refractivity (Wildman–Crippen MR) is 40.9 cm³/mol. The first kappa shape index (κ1) is 8.55. The Morgan fingerprint density at radius 1 is 1.50 bits per heavy atom. The molecule has 0 aliphatic heterocycles. The van der Waals surface area contributed by atoms with Crippen LogP contribution in [-0.4, -0.2) is 16.3 Å². The molecule has 0 aliphatic rings. The standard InChI is InChI=1S/C8H8O4/c1-5-3-2-4-6(9)7(5)8(10)12-11/h2-4,9,11H,1H3. The van der Waals surface area contributed by atoms with Gasteiger partial charge in [0.1, 0.15) is 11.3 Å². The third kappa shape index (κ3) is 1.38. The average Bonchev–Trinajstić information content (AvgIpc) is 2.03. The highest BCUT2D eigenvalue weighted by atomic mass is 17.1. The van der Waals surface area contributed by atoms with Crippen LogP contribution in [-0.2, 0) is 4.89 Å².